The molecule has 40 heavy (non-hydrogen) atoms. The molecule has 0 N–H and O–H groups in total. The number of ether oxygens (including phenoxy) is 1. The van der Waals surface area contributed by atoms with Crippen LogP contribution in [0.2, 0.25) is 0 Å². The molecule has 7 heteroatoms. The average molecular weight is 535 g/mol. The van der Waals surface area contributed by atoms with Crippen molar-refractivity contribution in [3.63, 3.8) is 0 Å². The summed E-state index contributed by atoms with van der Waals surface area (Å²) in [6, 6.07) is 28.4. The van der Waals surface area contributed by atoms with Gasteiger partial charge in [0.25, 0.3) is 5.91 Å². The van der Waals surface area contributed by atoms with Crippen LogP contribution in [0.3, 0.4) is 0 Å². The number of carbonyl (C=O) groups is 1. The van der Waals surface area contributed by atoms with Gasteiger partial charge in [-0.15, -0.1) is 0 Å². The number of halogens is 1. The number of benzene rings is 3. The SMILES string of the molecule is CCOc1cccc(-c2ccc3nc(-c4ccccc4)c(CN4CCN(C(=O)c5ccc(F)cc5)CC4)n3c2)c1. The molecular formula is C33H31FN4O2. The van der Waals surface area contributed by atoms with E-state index in [2.05, 4.69) is 51.9 Å². The maximum Gasteiger partial charge on any atom is 0.253 e. The van der Waals surface area contributed by atoms with Crippen molar-refractivity contribution in [1.29, 1.82) is 0 Å². The smallest absolute Gasteiger partial charge is 0.253 e. The maximum atomic E-state index is 13.3. The second-order valence-electron chi connectivity index (χ2n) is 9.96. The van der Waals surface area contributed by atoms with Crippen molar-refractivity contribution >= 4 is 11.6 Å². The van der Waals surface area contributed by atoms with Crippen molar-refractivity contribution in [3.8, 4) is 28.1 Å². The van der Waals surface area contributed by atoms with Crippen LogP contribution in [0.1, 0.15) is 23.0 Å². The van der Waals surface area contributed by atoms with Gasteiger partial charge in [-0.3, -0.25) is 9.69 Å². The number of amides is 1. The molecule has 3 aromatic carbocycles. The average Bonchev–Trinajstić information content (AvgIpc) is 3.36. The minimum absolute atomic E-state index is 0.0571. The lowest BCUT2D eigenvalue weighted by Gasteiger charge is -2.34. The number of pyridine rings is 1. The Hall–Kier alpha value is -4.49. The first-order valence-electron chi connectivity index (χ1n) is 13.7. The first-order valence-corrected chi connectivity index (χ1v) is 13.7. The van der Waals surface area contributed by atoms with Crippen molar-refractivity contribution in [3.05, 3.63) is 114 Å². The van der Waals surface area contributed by atoms with E-state index < -0.39 is 0 Å². The van der Waals surface area contributed by atoms with E-state index in [-0.39, 0.29) is 11.7 Å². The zero-order valence-corrected chi connectivity index (χ0v) is 22.5. The van der Waals surface area contributed by atoms with Crippen LogP contribution in [0.4, 0.5) is 4.39 Å². The summed E-state index contributed by atoms with van der Waals surface area (Å²) in [5.41, 5.74) is 6.73. The highest BCUT2D eigenvalue weighted by Crippen LogP contribution is 2.30. The molecule has 2 aromatic heterocycles. The highest BCUT2D eigenvalue weighted by molar-refractivity contribution is 5.94. The molecule has 1 aliphatic heterocycles. The molecule has 0 radical (unpaired) electrons. The first kappa shape index (κ1) is 25.8. The van der Waals surface area contributed by atoms with Gasteiger partial charge in [0.15, 0.2) is 0 Å². The van der Waals surface area contributed by atoms with E-state index >= 15 is 0 Å². The van der Waals surface area contributed by atoms with Gasteiger partial charge in [-0.05, 0) is 66.6 Å². The highest BCUT2D eigenvalue weighted by atomic mass is 19.1. The molecule has 0 aliphatic carbocycles. The molecule has 1 amide bonds. The Kier molecular flexibility index (Phi) is 7.29. The van der Waals surface area contributed by atoms with Crippen LogP contribution in [0.15, 0.2) is 97.2 Å². The fraction of sp³-hybridized carbons (Fsp3) is 0.212. The summed E-state index contributed by atoms with van der Waals surface area (Å²) >= 11 is 0. The van der Waals surface area contributed by atoms with Crippen LogP contribution in [0.5, 0.6) is 5.75 Å². The summed E-state index contributed by atoms with van der Waals surface area (Å²) in [7, 11) is 0. The summed E-state index contributed by atoms with van der Waals surface area (Å²) in [4.78, 5) is 22.2. The fourth-order valence-corrected chi connectivity index (χ4v) is 5.27. The second-order valence-corrected chi connectivity index (χ2v) is 9.96. The third-order valence-corrected chi connectivity index (χ3v) is 7.37. The number of rotatable bonds is 7. The zero-order valence-electron chi connectivity index (χ0n) is 22.5. The monoisotopic (exact) mass is 534 g/mol. The minimum Gasteiger partial charge on any atom is -0.494 e. The van der Waals surface area contributed by atoms with Crippen molar-refractivity contribution in [2.75, 3.05) is 32.8 Å². The summed E-state index contributed by atoms with van der Waals surface area (Å²) in [5, 5.41) is 0. The van der Waals surface area contributed by atoms with Gasteiger partial charge in [0.05, 0.1) is 18.0 Å². The molecule has 0 unspecified atom stereocenters. The Bertz CT molecular complexity index is 1620. The van der Waals surface area contributed by atoms with Gasteiger partial charge in [0.2, 0.25) is 0 Å². The zero-order chi connectivity index (χ0) is 27.5. The number of hydrogen-bond donors (Lipinski definition) is 0. The molecule has 0 saturated carbocycles. The van der Waals surface area contributed by atoms with Gasteiger partial charge in [-0.2, -0.15) is 0 Å². The van der Waals surface area contributed by atoms with Crippen LogP contribution in [-0.2, 0) is 6.54 Å². The Morgan fingerprint density at radius 1 is 0.850 bits per heavy atom. The van der Waals surface area contributed by atoms with Crippen molar-refractivity contribution in [1.82, 2.24) is 19.2 Å². The lowest BCUT2D eigenvalue weighted by Crippen LogP contribution is -2.48. The van der Waals surface area contributed by atoms with Crippen molar-refractivity contribution in [2.45, 2.75) is 13.5 Å². The number of nitrogens with zero attached hydrogens (tertiary/aromatic N) is 4. The quantitative estimate of drug-likeness (QED) is 0.251. The number of imidazole rings is 1. The molecule has 0 atom stereocenters. The molecule has 3 heterocycles. The fourth-order valence-electron chi connectivity index (χ4n) is 5.27. The topological polar surface area (TPSA) is 50.1 Å². The predicted octanol–water partition coefficient (Wildman–Crippen LogP) is 6.16. The predicted molar refractivity (Wildman–Crippen MR) is 155 cm³/mol. The lowest BCUT2D eigenvalue weighted by atomic mass is 10.1. The number of fused-ring (bicyclic) bond motifs is 1. The number of hydrogen-bond acceptors (Lipinski definition) is 4. The molecule has 6 rings (SSSR count). The summed E-state index contributed by atoms with van der Waals surface area (Å²) in [5.74, 6) is 0.455. The largest absolute Gasteiger partial charge is 0.494 e. The number of piperazine rings is 1. The van der Waals surface area contributed by atoms with E-state index in [9.17, 15) is 9.18 Å². The molecule has 6 nitrogen and oxygen atoms in total. The Morgan fingerprint density at radius 3 is 2.35 bits per heavy atom. The highest BCUT2D eigenvalue weighted by Gasteiger charge is 2.24. The molecule has 1 fully saturated rings. The standard InChI is InChI=1S/C33H31FN4O2/c1-2-40-29-10-6-9-26(21-29)27-13-16-31-35-32(24-7-4-3-5-8-24)30(38(31)22-27)23-36-17-19-37(20-18-36)33(39)25-11-14-28(34)15-12-25/h3-16,21-22H,2,17-20,23H2,1H3. The van der Waals surface area contributed by atoms with E-state index in [0.29, 0.717) is 31.8 Å². The number of carbonyl (C=O) groups excluding carboxylic acids is 1. The van der Waals surface area contributed by atoms with E-state index in [1.807, 2.05) is 42.2 Å². The van der Waals surface area contributed by atoms with E-state index in [1.165, 1.54) is 12.1 Å². The molecule has 5 aromatic rings. The van der Waals surface area contributed by atoms with Gasteiger partial charge in [0.1, 0.15) is 17.2 Å². The normalized spacial score (nSPS) is 14.0. The molecule has 1 aliphatic rings. The van der Waals surface area contributed by atoms with Crippen LogP contribution in [-0.4, -0.2) is 57.9 Å². The molecular weight excluding hydrogens is 503 g/mol. The van der Waals surface area contributed by atoms with E-state index in [4.69, 9.17) is 9.72 Å². The van der Waals surface area contributed by atoms with Crippen LogP contribution < -0.4 is 4.74 Å². The van der Waals surface area contributed by atoms with Crippen LogP contribution >= 0.6 is 0 Å². The van der Waals surface area contributed by atoms with Gasteiger partial charge >= 0.3 is 0 Å². The van der Waals surface area contributed by atoms with Crippen molar-refractivity contribution in [2.24, 2.45) is 0 Å². The lowest BCUT2D eigenvalue weighted by molar-refractivity contribution is 0.0627. The molecule has 0 bridgehead atoms. The van der Waals surface area contributed by atoms with Gasteiger partial charge < -0.3 is 14.0 Å². The first-order chi connectivity index (χ1) is 19.6. The molecule has 1 saturated heterocycles. The van der Waals surface area contributed by atoms with E-state index in [0.717, 1.165) is 52.6 Å². The summed E-state index contributed by atoms with van der Waals surface area (Å²) in [6.45, 7) is 6.02. The van der Waals surface area contributed by atoms with Gasteiger partial charge in [-0.25, -0.2) is 9.37 Å². The molecule has 202 valence electrons. The second kappa shape index (κ2) is 11.3. The van der Waals surface area contributed by atoms with Crippen LogP contribution in [0.25, 0.3) is 28.0 Å². The Morgan fingerprint density at radius 2 is 1.60 bits per heavy atom. The third-order valence-electron chi connectivity index (χ3n) is 7.37. The van der Waals surface area contributed by atoms with Crippen LogP contribution in [0, 0.1) is 5.82 Å². The Labute approximate surface area is 233 Å². The number of aromatic nitrogens is 2. The molecule has 0 spiro atoms. The van der Waals surface area contributed by atoms with Gasteiger partial charge in [-0.1, -0.05) is 42.5 Å². The van der Waals surface area contributed by atoms with Gasteiger partial charge in [0, 0.05) is 50.0 Å². The minimum atomic E-state index is -0.339. The summed E-state index contributed by atoms with van der Waals surface area (Å²) in [6.07, 6.45) is 2.16. The Balaban J connectivity index is 1.28. The maximum absolute atomic E-state index is 13.3. The van der Waals surface area contributed by atoms with Crippen molar-refractivity contribution < 1.29 is 13.9 Å². The summed E-state index contributed by atoms with van der Waals surface area (Å²) < 4.78 is 21.2. The third kappa shape index (κ3) is 5.33. The van der Waals surface area contributed by atoms with E-state index in [1.54, 1.807) is 12.1 Å².